The van der Waals surface area contributed by atoms with Gasteiger partial charge in [-0.15, -0.1) is 0 Å². The Morgan fingerprint density at radius 2 is 1.70 bits per heavy atom. The molecule has 3 rings (SSSR count). The first-order valence-corrected chi connectivity index (χ1v) is 10.5. The van der Waals surface area contributed by atoms with Gasteiger partial charge in [0, 0.05) is 10.2 Å². The number of methoxy groups -OCH3 is 1. The van der Waals surface area contributed by atoms with Gasteiger partial charge < -0.3 is 14.8 Å². The van der Waals surface area contributed by atoms with Gasteiger partial charge in [-0.1, -0.05) is 34.1 Å². The quantitative estimate of drug-likeness (QED) is 0.171. The smallest absolute Gasteiger partial charge is 0.343 e. The zero-order chi connectivity index (χ0) is 23.8. The van der Waals surface area contributed by atoms with Gasteiger partial charge in [-0.05, 0) is 66.6 Å². The first kappa shape index (κ1) is 23.7. The van der Waals surface area contributed by atoms with Crippen LogP contribution in [0.4, 0.5) is 5.69 Å². The number of hydrogen-bond acceptors (Lipinski definition) is 6. The molecule has 2 N–H and O–H groups in total. The van der Waals surface area contributed by atoms with Crippen molar-refractivity contribution >= 4 is 45.6 Å². The average molecular weight is 510 g/mol. The highest BCUT2D eigenvalue weighted by molar-refractivity contribution is 9.10. The van der Waals surface area contributed by atoms with Crippen LogP contribution in [0, 0.1) is 6.92 Å². The summed E-state index contributed by atoms with van der Waals surface area (Å²) in [4.78, 5) is 36.4. The van der Waals surface area contributed by atoms with Crippen LogP contribution in [0.2, 0.25) is 0 Å². The Labute approximate surface area is 198 Å². The molecule has 0 spiro atoms. The van der Waals surface area contributed by atoms with E-state index in [1.165, 1.54) is 13.3 Å². The van der Waals surface area contributed by atoms with E-state index in [2.05, 4.69) is 31.8 Å². The van der Waals surface area contributed by atoms with Crippen LogP contribution < -0.4 is 20.2 Å². The molecule has 8 nitrogen and oxygen atoms in total. The number of amides is 2. The molecule has 0 saturated heterocycles. The summed E-state index contributed by atoms with van der Waals surface area (Å²) in [7, 11) is 1.51. The van der Waals surface area contributed by atoms with Gasteiger partial charge in [0.2, 0.25) is 0 Å². The molecule has 0 fully saturated rings. The van der Waals surface area contributed by atoms with Crippen molar-refractivity contribution in [1.29, 1.82) is 0 Å². The molecule has 0 unspecified atom stereocenters. The number of aryl methyl sites for hydroxylation is 1. The summed E-state index contributed by atoms with van der Waals surface area (Å²) in [6, 6.07) is 18.4. The molecule has 0 bridgehead atoms. The molecule has 0 aliphatic carbocycles. The predicted octanol–water partition coefficient (Wildman–Crippen LogP) is 4.07. The molecule has 0 aliphatic rings. The lowest BCUT2D eigenvalue weighted by Crippen LogP contribution is -2.32. The van der Waals surface area contributed by atoms with E-state index in [0.717, 1.165) is 10.0 Å². The summed E-state index contributed by atoms with van der Waals surface area (Å²) in [6.45, 7) is 1.81. The maximum atomic E-state index is 12.3. The third-order valence-electron chi connectivity index (χ3n) is 4.40. The Morgan fingerprint density at radius 3 is 2.45 bits per heavy atom. The maximum absolute atomic E-state index is 12.3. The van der Waals surface area contributed by atoms with Gasteiger partial charge in [0.25, 0.3) is 0 Å². The Morgan fingerprint density at radius 1 is 0.939 bits per heavy atom. The van der Waals surface area contributed by atoms with Crippen molar-refractivity contribution in [3.8, 4) is 11.5 Å². The molecule has 33 heavy (non-hydrogen) atoms. The van der Waals surface area contributed by atoms with E-state index in [4.69, 9.17) is 9.47 Å². The number of halogens is 1. The van der Waals surface area contributed by atoms with Crippen molar-refractivity contribution in [1.82, 2.24) is 5.43 Å². The number of carbonyl (C=O) groups is 3. The fourth-order valence-corrected chi connectivity index (χ4v) is 3.21. The van der Waals surface area contributed by atoms with Gasteiger partial charge in [-0.2, -0.15) is 5.10 Å². The number of rotatable bonds is 6. The van der Waals surface area contributed by atoms with Crippen LogP contribution in [0.1, 0.15) is 21.5 Å². The van der Waals surface area contributed by atoms with Crippen LogP contribution in [-0.4, -0.2) is 31.1 Å². The highest BCUT2D eigenvalue weighted by Crippen LogP contribution is 2.20. The number of benzene rings is 3. The summed E-state index contributed by atoms with van der Waals surface area (Å²) in [6.07, 6.45) is 1.33. The summed E-state index contributed by atoms with van der Waals surface area (Å²) in [5, 5.41) is 6.32. The topological polar surface area (TPSA) is 106 Å². The lowest BCUT2D eigenvalue weighted by atomic mass is 10.2. The number of ether oxygens (including phenoxy) is 2. The van der Waals surface area contributed by atoms with Crippen LogP contribution in [0.25, 0.3) is 0 Å². The minimum atomic E-state index is -0.922. The third-order valence-corrected chi connectivity index (χ3v) is 4.89. The van der Waals surface area contributed by atoms with Crippen molar-refractivity contribution < 1.29 is 23.9 Å². The molecule has 9 heteroatoms. The number of carbonyl (C=O) groups excluding carboxylic acids is 3. The Balaban J connectivity index is 1.58. The molecule has 3 aromatic rings. The van der Waals surface area contributed by atoms with Crippen LogP contribution in [0.5, 0.6) is 11.5 Å². The van der Waals surface area contributed by atoms with E-state index in [1.807, 2.05) is 13.0 Å². The van der Waals surface area contributed by atoms with Gasteiger partial charge in [-0.3, -0.25) is 9.59 Å². The fourth-order valence-electron chi connectivity index (χ4n) is 2.74. The summed E-state index contributed by atoms with van der Waals surface area (Å²) >= 11 is 3.34. The van der Waals surface area contributed by atoms with Gasteiger partial charge in [0.15, 0.2) is 0 Å². The van der Waals surface area contributed by atoms with Crippen molar-refractivity contribution in [2.24, 2.45) is 5.10 Å². The first-order valence-electron chi connectivity index (χ1n) is 9.72. The third kappa shape index (κ3) is 6.75. The number of anilines is 1. The normalized spacial score (nSPS) is 10.5. The second kappa shape index (κ2) is 11.1. The Bertz CT molecular complexity index is 1230. The number of hydrogen-bond donors (Lipinski definition) is 2. The van der Waals surface area contributed by atoms with Crippen molar-refractivity contribution in [2.45, 2.75) is 6.92 Å². The SMILES string of the molecule is COc1cccc(C(=O)Oc2cccc(C=NNC(=O)C(=O)Nc3ccc(Br)cc3C)c2)c1. The largest absolute Gasteiger partial charge is 0.497 e. The van der Waals surface area contributed by atoms with Crippen molar-refractivity contribution in [2.75, 3.05) is 12.4 Å². The van der Waals surface area contributed by atoms with E-state index >= 15 is 0 Å². The molecular formula is C24H20BrN3O5. The molecule has 0 heterocycles. The van der Waals surface area contributed by atoms with E-state index in [-0.39, 0.29) is 0 Å². The minimum Gasteiger partial charge on any atom is -0.497 e. The molecule has 2 amide bonds. The number of hydrazone groups is 1. The standard InChI is InChI=1S/C24H20BrN3O5/c1-15-11-18(25)9-10-21(15)27-22(29)23(30)28-26-14-16-5-3-8-20(12-16)33-24(31)17-6-4-7-19(13-17)32-2/h3-14H,1-2H3,(H,27,29)(H,28,30). The van der Waals surface area contributed by atoms with Crippen LogP contribution in [0.15, 0.2) is 76.3 Å². The Kier molecular flexibility index (Phi) is 7.93. The highest BCUT2D eigenvalue weighted by atomic mass is 79.9. The van der Waals surface area contributed by atoms with Crippen LogP contribution in [-0.2, 0) is 9.59 Å². The van der Waals surface area contributed by atoms with E-state index in [1.54, 1.807) is 60.7 Å². The van der Waals surface area contributed by atoms with E-state index in [9.17, 15) is 14.4 Å². The van der Waals surface area contributed by atoms with Crippen LogP contribution >= 0.6 is 15.9 Å². The molecule has 168 valence electrons. The van der Waals surface area contributed by atoms with Gasteiger partial charge in [0.1, 0.15) is 11.5 Å². The van der Waals surface area contributed by atoms with Crippen molar-refractivity contribution in [3.63, 3.8) is 0 Å². The molecular weight excluding hydrogens is 490 g/mol. The van der Waals surface area contributed by atoms with Gasteiger partial charge in [-0.25, -0.2) is 10.2 Å². The van der Waals surface area contributed by atoms with E-state index < -0.39 is 17.8 Å². The number of nitrogens with zero attached hydrogens (tertiary/aromatic N) is 1. The molecule has 3 aromatic carbocycles. The summed E-state index contributed by atoms with van der Waals surface area (Å²) in [5.41, 5.74) is 4.38. The lowest BCUT2D eigenvalue weighted by molar-refractivity contribution is -0.136. The first-order chi connectivity index (χ1) is 15.9. The maximum Gasteiger partial charge on any atom is 0.343 e. The van der Waals surface area contributed by atoms with Gasteiger partial charge >= 0.3 is 17.8 Å². The zero-order valence-corrected chi connectivity index (χ0v) is 19.4. The van der Waals surface area contributed by atoms with Crippen molar-refractivity contribution in [3.05, 3.63) is 87.9 Å². The molecule has 0 atom stereocenters. The van der Waals surface area contributed by atoms with E-state index in [0.29, 0.717) is 28.3 Å². The summed E-state index contributed by atoms with van der Waals surface area (Å²) < 4.78 is 11.4. The lowest BCUT2D eigenvalue weighted by Gasteiger charge is -2.07. The Hall–Kier alpha value is -3.98. The highest BCUT2D eigenvalue weighted by Gasteiger charge is 2.14. The average Bonchev–Trinajstić information content (AvgIpc) is 2.81. The molecule has 0 aliphatic heterocycles. The number of esters is 1. The monoisotopic (exact) mass is 509 g/mol. The molecule has 0 saturated carbocycles. The second-order valence-electron chi connectivity index (χ2n) is 6.81. The molecule has 0 aromatic heterocycles. The van der Waals surface area contributed by atoms with Crippen LogP contribution in [0.3, 0.4) is 0 Å². The number of nitrogens with one attached hydrogen (secondary N) is 2. The minimum absolute atomic E-state index is 0.293. The zero-order valence-electron chi connectivity index (χ0n) is 17.8. The molecule has 0 radical (unpaired) electrons. The fraction of sp³-hybridized carbons (Fsp3) is 0.0833. The summed E-state index contributed by atoms with van der Waals surface area (Å²) in [5.74, 6) is -1.48. The predicted molar refractivity (Wildman–Crippen MR) is 128 cm³/mol. The van der Waals surface area contributed by atoms with Gasteiger partial charge in [0.05, 0.1) is 18.9 Å². The second-order valence-corrected chi connectivity index (χ2v) is 7.72.